The standard InChI is InChI=1S/C14H9F5N2OS/c15-8-4-9(16)6-11(5-8)21-13(23)20-10-2-1-3-12(7-10)22-14(17,18)19/h1-7H,(H2,20,21,23). The van der Waals surface area contributed by atoms with Crippen LogP contribution in [-0.4, -0.2) is 11.5 Å². The number of ether oxygens (including phenoxy) is 1. The molecule has 122 valence electrons. The number of benzene rings is 2. The molecule has 23 heavy (non-hydrogen) atoms. The minimum absolute atomic E-state index is 0.0563. The molecule has 0 aliphatic rings. The van der Waals surface area contributed by atoms with Gasteiger partial charge in [0.2, 0.25) is 0 Å². The molecule has 2 aromatic carbocycles. The summed E-state index contributed by atoms with van der Waals surface area (Å²) >= 11 is 4.93. The second-order valence-electron chi connectivity index (χ2n) is 4.31. The maximum absolute atomic E-state index is 13.0. The Kier molecular flexibility index (Phi) is 4.99. The normalized spacial score (nSPS) is 11.0. The summed E-state index contributed by atoms with van der Waals surface area (Å²) in [5.74, 6) is -2.02. The Morgan fingerprint density at radius 1 is 0.913 bits per heavy atom. The van der Waals surface area contributed by atoms with Crippen molar-refractivity contribution >= 4 is 28.7 Å². The van der Waals surface area contributed by atoms with Crippen molar-refractivity contribution in [3.63, 3.8) is 0 Å². The molecule has 0 heterocycles. The molecule has 0 aromatic heterocycles. The third-order valence-corrected chi connectivity index (χ3v) is 2.65. The van der Waals surface area contributed by atoms with Gasteiger partial charge in [0.1, 0.15) is 17.4 Å². The van der Waals surface area contributed by atoms with Crippen LogP contribution in [-0.2, 0) is 0 Å². The van der Waals surface area contributed by atoms with E-state index >= 15 is 0 Å². The summed E-state index contributed by atoms with van der Waals surface area (Å²) < 4.78 is 66.3. The van der Waals surface area contributed by atoms with Gasteiger partial charge in [-0.1, -0.05) is 6.07 Å². The van der Waals surface area contributed by atoms with Crippen molar-refractivity contribution in [2.45, 2.75) is 6.36 Å². The topological polar surface area (TPSA) is 33.3 Å². The highest BCUT2D eigenvalue weighted by molar-refractivity contribution is 7.80. The van der Waals surface area contributed by atoms with Crippen molar-refractivity contribution < 1.29 is 26.7 Å². The maximum Gasteiger partial charge on any atom is 0.573 e. The molecule has 3 nitrogen and oxygen atoms in total. The van der Waals surface area contributed by atoms with Gasteiger partial charge in [0.15, 0.2) is 5.11 Å². The first-order valence-corrected chi connectivity index (χ1v) is 6.52. The highest BCUT2D eigenvalue weighted by Crippen LogP contribution is 2.25. The molecule has 9 heteroatoms. The van der Waals surface area contributed by atoms with E-state index in [9.17, 15) is 22.0 Å². The first-order chi connectivity index (χ1) is 10.7. The molecule has 0 spiro atoms. The molecule has 0 amide bonds. The molecular formula is C14H9F5N2OS. The molecule has 0 saturated heterocycles. The summed E-state index contributed by atoms with van der Waals surface area (Å²) in [6.45, 7) is 0. The van der Waals surface area contributed by atoms with Crippen LogP contribution in [0.4, 0.5) is 33.3 Å². The third-order valence-electron chi connectivity index (χ3n) is 2.45. The van der Waals surface area contributed by atoms with E-state index in [4.69, 9.17) is 12.2 Å². The van der Waals surface area contributed by atoms with Crippen LogP contribution in [0.1, 0.15) is 0 Å². The minimum atomic E-state index is -4.81. The summed E-state index contributed by atoms with van der Waals surface area (Å²) in [6.07, 6.45) is -4.81. The molecule has 0 aliphatic carbocycles. The van der Waals surface area contributed by atoms with E-state index in [-0.39, 0.29) is 16.5 Å². The van der Waals surface area contributed by atoms with E-state index in [2.05, 4.69) is 15.4 Å². The van der Waals surface area contributed by atoms with Gasteiger partial charge in [-0.15, -0.1) is 13.2 Å². The minimum Gasteiger partial charge on any atom is -0.406 e. The SMILES string of the molecule is Fc1cc(F)cc(NC(=S)Nc2cccc(OC(F)(F)F)c2)c1. The molecule has 0 bridgehead atoms. The third kappa shape index (κ3) is 5.70. The predicted octanol–water partition coefficient (Wildman–Crippen LogP) is 4.67. The lowest BCUT2D eigenvalue weighted by Crippen LogP contribution is -2.20. The molecule has 2 rings (SSSR count). The Morgan fingerprint density at radius 3 is 2.13 bits per heavy atom. The lowest BCUT2D eigenvalue weighted by Gasteiger charge is -2.13. The van der Waals surface area contributed by atoms with Crippen molar-refractivity contribution in [1.82, 2.24) is 0 Å². The van der Waals surface area contributed by atoms with Crippen LogP contribution in [0.15, 0.2) is 42.5 Å². The van der Waals surface area contributed by atoms with Crippen molar-refractivity contribution in [2.24, 2.45) is 0 Å². The zero-order valence-corrected chi connectivity index (χ0v) is 12.1. The number of rotatable bonds is 3. The lowest BCUT2D eigenvalue weighted by molar-refractivity contribution is -0.274. The van der Waals surface area contributed by atoms with Crippen LogP contribution < -0.4 is 15.4 Å². The fraction of sp³-hybridized carbons (Fsp3) is 0.0714. The summed E-state index contributed by atoms with van der Waals surface area (Å²) in [6, 6.07) is 7.70. The Labute approximate surface area is 133 Å². The van der Waals surface area contributed by atoms with E-state index in [0.717, 1.165) is 24.3 Å². The second kappa shape index (κ2) is 6.78. The molecular weight excluding hydrogens is 339 g/mol. The molecule has 0 atom stereocenters. The van der Waals surface area contributed by atoms with Gasteiger partial charge in [0.05, 0.1) is 0 Å². The van der Waals surface area contributed by atoms with Gasteiger partial charge in [-0.25, -0.2) is 8.78 Å². The second-order valence-corrected chi connectivity index (χ2v) is 4.72. The van der Waals surface area contributed by atoms with Gasteiger partial charge in [-0.3, -0.25) is 0 Å². The molecule has 0 aliphatic heterocycles. The monoisotopic (exact) mass is 348 g/mol. The summed E-state index contributed by atoms with van der Waals surface area (Å²) in [5, 5.41) is 5.04. The number of hydrogen-bond acceptors (Lipinski definition) is 2. The van der Waals surface area contributed by atoms with Gasteiger partial charge in [0, 0.05) is 23.5 Å². The summed E-state index contributed by atoms with van der Waals surface area (Å²) in [5.41, 5.74) is 0.267. The highest BCUT2D eigenvalue weighted by Gasteiger charge is 2.31. The first-order valence-electron chi connectivity index (χ1n) is 6.11. The molecule has 0 saturated carbocycles. The number of halogens is 5. The number of anilines is 2. The van der Waals surface area contributed by atoms with Gasteiger partial charge >= 0.3 is 6.36 Å². The van der Waals surface area contributed by atoms with Crippen molar-refractivity contribution in [3.8, 4) is 5.75 Å². The van der Waals surface area contributed by atoms with E-state index in [1.54, 1.807) is 0 Å². The first kappa shape index (κ1) is 16.9. The average molecular weight is 348 g/mol. The number of thiocarbonyl (C=S) groups is 1. The van der Waals surface area contributed by atoms with E-state index in [1.807, 2.05) is 0 Å². The van der Waals surface area contributed by atoms with Gasteiger partial charge in [-0.05, 0) is 36.5 Å². The zero-order valence-electron chi connectivity index (χ0n) is 11.2. The van der Waals surface area contributed by atoms with E-state index in [0.29, 0.717) is 6.07 Å². The molecule has 0 radical (unpaired) electrons. The quantitative estimate of drug-likeness (QED) is 0.624. The van der Waals surface area contributed by atoms with E-state index in [1.165, 1.54) is 12.1 Å². The van der Waals surface area contributed by atoms with Crippen molar-refractivity contribution in [2.75, 3.05) is 10.6 Å². The van der Waals surface area contributed by atoms with Crippen LogP contribution in [0.3, 0.4) is 0 Å². The van der Waals surface area contributed by atoms with Crippen LogP contribution in [0.2, 0.25) is 0 Å². The fourth-order valence-electron chi connectivity index (χ4n) is 1.69. The van der Waals surface area contributed by atoms with Crippen molar-refractivity contribution in [1.29, 1.82) is 0 Å². The molecule has 0 fully saturated rings. The zero-order chi connectivity index (χ0) is 17.0. The Bertz CT molecular complexity index is 700. The number of alkyl halides is 3. The average Bonchev–Trinajstić information content (AvgIpc) is 2.35. The van der Waals surface area contributed by atoms with Crippen LogP contribution in [0, 0.1) is 11.6 Å². The summed E-state index contributed by atoms with van der Waals surface area (Å²) in [4.78, 5) is 0. The van der Waals surface area contributed by atoms with E-state index < -0.39 is 23.7 Å². The van der Waals surface area contributed by atoms with Crippen LogP contribution >= 0.6 is 12.2 Å². The smallest absolute Gasteiger partial charge is 0.406 e. The van der Waals surface area contributed by atoms with Crippen LogP contribution in [0.25, 0.3) is 0 Å². The Balaban J connectivity index is 2.04. The molecule has 2 N–H and O–H groups in total. The predicted molar refractivity (Wildman–Crippen MR) is 79.3 cm³/mol. The highest BCUT2D eigenvalue weighted by atomic mass is 32.1. The van der Waals surface area contributed by atoms with Crippen molar-refractivity contribution in [3.05, 3.63) is 54.1 Å². The number of nitrogens with one attached hydrogen (secondary N) is 2. The Hall–Kier alpha value is -2.42. The summed E-state index contributed by atoms with van der Waals surface area (Å²) in [7, 11) is 0. The van der Waals surface area contributed by atoms with Gasteiger partial charge < -0.3 is 15.4 Å². The Morgan fingerprint density at radius 2 is 1.52 bits per heavy atom. The lowest BCUT2D eigenvalue weighted by atomic mass is 10.3. The fourth-order valence-corrected chi connectivity index (χ4v) is 1.93. The molecule has 0 unspecified atom stereocenters. The largest absolute Gasteiger partial charge is 0.573 e. The van der Waals surface area contributed by atoms with Gasteiger partial charge in [0.25, 0.3) is 0 Å². The maximum atomic E-state index is 13.0. The van der Waals surface area contributed by atoms with Crippen LogP contribution in [0.5, 0.6) is 5.75 Å². The van der Waals surface area contributed by atoms with Gasteiger partial charge in [-0.2, -0.15) is 0 Å². The number of hydrogen-bond donors (Lipinski definition) is 2. The molecule has 2 aromatic rings.